The van der Waals surface area contributed by atoms with Gasteiger partial charge in [-0.25, -0.2) is 8.42 Å². The summed E-state index contributed by atoms with van der Waals surface area (Å²) in [5.74, 6) is -0.0828. The van der Waals surface area contributed by atoms with Crippen LogP contribution >= 0.6 is 0 Å². The third kappa shape index (κ3) is 3.61. The fourth-order valence-electron chi connectivity index (χ4n) is 2.16. The molecule has 5 heteroatoms. The van der Waals surface area contributed by atoms with Crippen LogP contribution in [0.15, 0.2) is 59.5 Å². The molecule has 0 bridgehead atoms. The van der Waals surface area contributed by atoms with E-state index in [-0.39, 0.29) is 10.7 Å². The zero-order chi connectivity index (χ0) is 16.2. The summed E-state index contributed by atoms with van der Waals surface area (Å²) in [5.41, 5.74) is 1.44. The van der Waals surface area contributed by atoms with Gasteiger partial charge in [0.1, 0.15) is 0 Å². The summed E-state index contributed by atoms with van der Waals surface area (Å²) >= 11 is 0. The maximum atomic E-state index is 12.7. The lowest BCUT2D eigenvalue weighted by molar-refractivity contribution is 0.101. The van der Waals surface area contributed by atoms with Gasteiger partial charge in [0.25, 0.3) is 0 Å². The Kier molecular flexibility index (Phi) is 5.11. The molecular weight excluding hydrogens is 298 g/mol. The van der Waals surface area contributed by atoms with Gasteiger partial charge in [-0.3, -0.25) is 4.79 Å². The Balaban J connectivity index is 2.28. The Labute approximate surface area is 131 Å². The second-order valence-electron chi connectivity index (χ2n) is 5.00. The molecule has 0 N–H and O–H groups in total. The van der Waals surface area contributed by atoms with Gasteiger partial charge in [0.15, 0.2) is 5.78 Å². The van der Waals surface area contributed by atoms with Gasteiger partial charge in [0.05, 0.1) is 4.90 Å². The normalized spacial score (nSPS) is 11.6. The van der Waals surface area contributed by atoms with Crippen LogP contribution < -0.4 is 0 Å². The second kappa shape index (κ2) is 6.85. The molecule has 0 unspecified atom stereocenters. The van der Waals surface area contributed by atoms with Gasteiger partial charge in [-0.2, -0.15) is 4.31 Å². The number of carbonyl (C=O) groups is 1. The number of sulfonamides is 1. The van der Waals surface area contributed by atoms with Crippen molar-refractivity contribution >= 4 is 15.8 Å². The summed E-state index contributed by atoms with van der Waals surface area (Å²) in [6, 6.07) is 15.5. The van der Waals surface area contributed by atoms with Crippen LogP contribution in [0.3, 0.4) is 0 Å². The zero-order valence-corrected chi connectivity index (χ0v) is 13.5. The molecule has 22 heavy (non-hydrogen) atoms. The summed E-state index contributed by atoms with van der Waals surface area (Å²) in [7, 11) is -3.57. The minimum absolute atomic E-state index is 0.0828. The highest BCUT2D eigenvalue weighted by Gasteiger charge is 2.23. The number of benzene rings is 2. The van der Waals surface area contributed by atoms with Crippen LogP contribution in [0.1, 0.15) is 29.8 Å². The predicted molar refractivity (Wildman–Crippen MR) is 86.2 cm³/mol. The van der Waals surface area contributed by atoms with Crippen LogP contribution in [0.2, 0.25) is 0 Å². The van der Waals surface area contributed by atoms with Crippen LogP contribution in [0.4, 0.5) is 0 Å². The first-order valence-corrected chi connectivity index (χ1v) is 8.54. The molecule has 0 fully saturated rings. The first-order chi connectivity index (χ1) is 10.4. The van der Waals surface area contributed by atoms with E-state index in [9.17, 15) is 13.2 Å². The SMILES string of the molecule is CCN(Cc1ccccc1)S(=O)(=O)c1ccc(C(C)=O)cc1. The van der Waals surface area contributed by atoms with Crippen molar-refractivity contribution in [3.05, 3.63) is 65.7 Å². The van der Waals surface area contributed by atoms with Gasteiger partial charge in [0, 0.05) is 18.7 Å². The van der Waals surface area contributed by atoms with Crippen molar-refractivity contribution in [1.82, 2.24) is 4.31 Å². The molecule has 2 rings (SSSR count). The van der Waals surface area contributed by atoms with Crippen molar-refractivity contribution < 1.29 is 13.2 Å². The van der Waals surface area contributed by atoms with Gasteiger partial charge in [-0.1, -0.05) is 49.4 Å². The van der Waals surface area contributed by atoms with E-state index < -0.39 is 10.0 Å². The van der Waals surface area contributed by atoms with Gasteiger partial charge in [-0.05, 0) is 24.6 Å². The molecule has 0 saturated heterocycles. The summed E-state index contributed by atoms with van der Waals surface area (Å²) in [6.45, 7) is 3.97. The molecule has 4 nitrogen and oxygen atoms in total. The van der Waals surface area contributed by atoms with E-state index in [2.05, 4.69) is 0 Å². The van der Waals surface area contributed by atoms with Gasteiger partial charge < -0.3 is 0 Å². The molecule has 0 radical (unpaired) electrons. The molecule has 0 aliphatic rings. The molecule has 0 atom stereocenters. The third-order valence-electron chi connectivity index (χ3n) is 3.45. The van der Waals surface area contributed by atoms with Gasteiger partial charge >= 0.3 is 0 Å². The lowest BCUT2D eigenvalue weighted by Gasteiger charge is -2.20. The van der Waals surface area contributed by atoms with Crippen molar-refractivity contribution in [3.63, 3.8) is 0 Å². The van der Waals surface area contributed by atoms with Crippen LogP contribution in [0.5, 0.6) is 0 Å². The minimum Gasteiger partial charge on any atom is -0.295 e. The number of carbonyl (C=O) groups excluding carboxylic acids is 1. The highest BCUT2D eigenvalue weighted by molar-refractivity contribution is 7.89. The largest absolute Gasteiger partial charge is 0.295 e. The number of nitrogens with zero attached hydrogens (tertiary/aromatic N) is 1. The van der Waals surface area contributed by atoms with Crippen molar-refractivity contribution in [2.45, 2.75) is 25.3 Å². The molecule has 2 aromatic rings. The zero-order valence-electron chi connectivity index (χ0n) is 12.7. The molecule has 2 aromatic carbocycles. The number of Topliss-reactive ketones (excluding diaryl/α,β-unsaturated/α-hetero) is 1. The Morgan fingerprint density at radius 2 is 1.59 bits per heavy atom. The van der Waals surface area contributed by atoms with Crippen molar-refractivity contribution in [1.29, 1.82) is 0 Å². The molecule has 0 aliphatic carbocycles. The van der Waals surface area contributed by atoms with E-state index >= 15 is 0 Å². The smallest absolute Gasteiger partial charge is 0.243 e. The Hall–Kier alpha value is -1.98. The molecular formula is C17H19NO3S. The van der Waals surface area contributed by atoms with E-state index in [0.29, 0.717) is 18.7 Å². The van der Waals surface area contributed by atoms with Gasteiger partial charge in [0.2, 0.25) is 10.0 Å². The first kappa shape index (κ1) is 16.4. The Bertz CT molecular complexity index is 737. The number of hydrogen-bond acceptors (Lipinski definition) is 3. The number of ketones is 1. The molecule has 0 aromatic heterocycles. The topological polar surface area (TPSA) is 54.5 Å². The lowest BCUT2D eigenvalue weighted by Crippen LogP contribution is -2.30. The lowest BCUT2D eigenvalue weighted by atomic mass is 10.2. The summed E-state index contributed by atoms with van der Waals surface area (Å²) in [4.78, 5) is 11.5. The fourth-order valence-corrected chi connectivity index (χ4v) is 3.60. The van der Waals surface area contributed by atoms with Crippen molar-refractivity contribution in [3.8, 4) is 0 Å². The Morgan fingerprint density at radius 1 is 1.00 bits per heavy atom. The van der Waals surface area contributed by atoms with Crippen LogP contribution in [0.25, 0.3) is 0 Å². The number of hydrogen-bond donors (Lipinski definition) is 0. The van der Waals surface area contributed by atoms with E-state index in [1.165, 1.54) is 23.4 Å². The average Bonchev–Trinajstić information content (AvgIpc) is 2.53. The van der Waals surface area contributed by atoms with Crippen molar-refractivity contribution in [2.75, 3.05) is 6.54 Å². The molecule has 0 aliphatic heterocycles. The second-order valence-corrected chi connectivity index (χ2v) is 6.94. The maximum absolute atomic E-state index is 12.7. The molecule has 0 spiro atoms. The number of rotatable bonds is 6. The monoisotopic (exact) mass is 317 g/mol. The van der Waals surface area contributed by atoms with Gasteiger partial charge in [-0.15, -0.1) is 0 Å². The minimum atomic E-state index is -3.57. The molecule has 0 heterocycles. The first-order valence-electron chi connectivity index (χ1n) is 7.10. The standard InChI is InChI=1S/C17H19NO3S/c1-3-18(13-15-7-5-4-6-8-15)22(20,21)17-11-9-16(10-12-17)14(2)19/h4-12H,3,13H2,1-2H3. The van der Waals surface area contributed by atoms with Crippen LogP contribution in [-0.4, -0.2) is 25.1 Å². The fraction of sp³-hybridized carbons (Fsp3) is 0.235. The summed E-state index contributed by atoms with van der Waals surface area (Å²) < 4.78 is 26.8. The van der Waals surface area contributed by atoms with E-state index in [1.807, 2.05) is 37.3 Å². The predicted octanol–water partition coefficient (Wildman–Crippen LogP) is 3.10. The average molecular weight is 317 g/mol. The van der Waals surface area contributed by atoms with Crippen molar-refractivity contribution in [2.24, 2.45) is 0 Å². The molecule has 116 valence electrons. The summed E-state index contributed by atoms with van der Waals surface area (Å²) in [5, 5.41) is 0. The van der Waals surface area contributed by atoms with Crippen LogP contribution in [-0.2, 0) is 16.6 Å². The van der Waals surface area contributed by atoms with E-state index in [0.717, 1.165) is 5.56 Å². The highest BCUT2D eigenvalue weighted by atomic mass is 32.2. The van der Waals surface area contributed by atoms with Crippen LogP contribution in [0, 0.1) is 0 Å². The van der Waals surface area contributed by atoms with E-state index in [4.69, 9.17) is 0 Å². The quantitative estimate of drug-likeness (QED) is 0.769. The maximum Gasteiger partial charge on any atom is 0.243 e. The Morgan fingerprint density at radius 3 is 2.09 bits per heavy atom. The highest BCUT2D eigenvalue weighted by Crippen LogP contribution is 2.19. The molecule has 0 saturated carbocycles. The molecule has 0 amide bonds. The third-order valence-corrected chi connectivity index (χ3v) is 5.39. The summed E-state index contributed by atoms with van der Waals surface area (Å²) in [6.07, 6.45) is 0. The van der Waals surface area contributed by atoms with E-state index in [1.54, 1.807) is 12.1 Å².